The number of anilines is 1. The van der Waals surface area contributed by atoms with E-state index >= 15 is 0 Å². The molecule has 162 valence electrons. The van der Waals surface area contributed by atoms with Crippen LogP contribution >= 0.6 is 11.6 Å². The van der Waals surface area contributed by atoms with E-state index < -0.39 is 28.6 Å². The third-order valence-corrected chi connectivity index (χ3v) is 6.69. The summed E-state index contributed by atoms with van der Waals surface area (Å²) >= 11 is 6.06. The SMILES string of the molecule is Cc1ccc(S(=O)(=O)N(CC(=O)NC[C@@H](O)c2ccccc2)c2cccc(Cl)c2)cc1. The Labute approximate surface area is 187 Å². The van der Waals surface area contributed by atoms with E-state index in [1.54, 1.807) is 54.6 Å². The van der Waals surface area contributed by atoms with E-state index in [9.17, 15) is 18.3 Å². The molecule has 0 unspecified atom stereocenters. The van der Waals surface area contributed by atoms with Crippen molar-refractivity contribution < 1.29 is 18.3 Å². The van der Waals surface area contributed by atoms with Crippen molar-refractivity contribution in [2.45, 2.75) is 17.9 Å². The van der Waals surface area contributed by atoms with Crippen molar-refractivity contribution in [1.82, 2.24) is 5.32 Å². The molecular weight excluding hydrogens is 436 g/mol. The third kappa shape index (κ3) is 5.85. The number of nitrogens with one attached hydrogen (secondary N) is 1. The van der Waals surface area contributed by atoms with Crippen molar-refractivity contribution in [2.24, 2.45) is 0 Å². The molecular formula is C23H23ClN2O4S. The molecule has 0 heterocycles. The van der Waals surface area contributed by atoms with Crippen LogP contribution in [-0.4, -0.2) is 32.5 Å². The summed E-state index contributed by atoms with van der Waals surface area (Å²) in [4.78, 5) is 12.7. The highest BCUT2D eigenvalue weighted by molar-refractivity contribution is 7.92. The number of amides is 1. The molecule has 0 aliphatic carbocycles. The van der Waals surface area contributed by atoms with Crippen molar-refractivity contribution in [3.05, 3.63) is 95.0 Å². The van der Waals surface area contributed by atoms with E-state index in [2.05, 4.69) is 5.32 Å². The lowest BCUT2D eigenvalue weighted by Gasteiger charge is -2.24. The number of carbonyl (C=O) groups excluding carboxylic acids is 1. The molecule has 3 aromatic carbocycles. The fourth-order valence-electron chi connectivity index (χ4n) is 2.97. The highest BCUT2D eigenvalue weighted by atomic mass is 35.5. The summed E-state index contributed by atoms with van der Waals surface area (Å²) in [7, 11) is -4.02. The van der Waals surface area contributed by atoms with Crippen molar-refractivity contribution >= 4 is 33.2 Å². The van der Waals surface area contributed by atoms with Crippen LogP contribution in [0.2, 0.25) is 5.02 Å². The number of benzene rings is 3. The monoisotopic (exact) mass is 458 g/mol. The molecule has 2 N–H and O–H groups in total. The van der Waals surface area contributed by atoms with Gasteiger partial charge in [0.05, 0.1) is 16.7 Å². The lowest BCUT2D eigenvalue weighted by molar-refractivity contribution is -0.120. The molecule has 1 atom stereocenters. The molecule has 0 aliphatic heterocycles. The number of nitrogens with zero attached hydrogens (tertiary/aromatic N) is 1. The zero-order chi connectivity index (χ0) is 22.4. The van der Waals surface area contributed by atoms with E-state index in [1.165, 1.54) is 18.2 Å². The topological polar surface area (TPSA) is 86.7 Å². The molecule has 0 saturated carbocycles. The van der Waals surface area contributed by atoms with Crippen molar-refractivity contribution in [3.63, 3.8) is 0 Å². The number of carbonyl (C=O) groups is 1. The molecule has 6 nitrogen and oxygen atoms in total. The van der Waals surface area contributed by atoms with Crippen LogP contribution in [0.15, 0.2) is 83.8 Å². The van der Waals surface area contributed by atoms with E-state index in [0.29, 0.717) is 10.6 Å². The lowest BCUT2D eigenvalue weighted by Crippen LogP contribution is -2.42. The summed E-state index contributed by atoms with van der Waals surface area (Å²) in [5.74, 6) is -0.550. The second-order valence-corrected chi connectivity index (χ2v) is 9.33. The quantitative estimate of drug-likeness (QED) is 0.539. The lowest BCUT2D eigenvalue weighted by atomic mass is 10.1. The van der Waals surface area contributed by atoms with E-state index in [-0.39, 0.29) is 17.1 Å². The molecule has 8 heteroatoms. The van der Waals surface area contributed by atoms with Gasteiger partial charge in [0.15, 0.2) is 0 Å². The van der Waals surface area contributed by atoms with Crippen LogP contribution < -0.4 is 9.62 Å². The van der Waals surface area contributed by atoms with Gasteiger partial charge in [0.25, 0.3) is 10.0 Å². The Morgan fingerprint density at radius 1 is 1.03 bits per heavy atom. The van der Waals surface area contributed by atoms with Gasteiger partial charge < -0.3 is 10.4 Å². The average Bonchev–Trinajstić information content (AvgIpc) is 2.76. The number of rotatable bonds is 8. The van der Waals surface area contributed by atoms with Gasteiger partial charge in [-0.3, -0.25) is 9.10 Å². The Morgan fingerprint density at radius 3 is 2.35 bits per heavy atom. The summed E-state index contributed by atoms with van der Waals surface area (Å²) < 4.78 is 27.6. The van der Waals surface area contributed by atoms with Crippen LogP contribution in [0, 0.1) is 6.92 Å². The van der Waals surface area contributed by atoms with Crippen LogP contribution in [0.25, 0.3) is 0 Å². The summed E-state index contributed by atoms with van der Waals surface area (Å²) in [6.07, 6.45) is -0.904. The maximum atomic E-state index is 13.3. The Kier molecular flexibility index (Phi) is 7.33. The van der Waals surface area contributed by atoms with Crippen LogP contribution in [0.5, 0.6) is 0 Å². The van der Waals surface area contributed by atoms with Gasteiger partial charge in [-0.15, -0.1) is 0 Å². The summed E-state index contributed by atoms with van der Waals surface area (Å²) in [5, 5.41) is 13.2. The first-order valence-corrected chi connectivity index (χ1v) is 11.4. The predicted molar refractivity (Wildman–Crippen MR) is 122 cm³/mol. The van der Waals surface area contributed by atoms with Gasteiger partial charge in [-0.05, 0) is 42.8 Å². The van der Waals surface area contributed by atoms with E-state index in [1.807, 2.05) is 13.0 Å². The molecule has 0 aromatic heterocycles. The number of hydrogen-bond acceptors (Lipinski definition) is 4. The smallest absolute Gasteiger partial charge is 0.264 e. The molecule has 0 bridgehead atoms. The molecule has 0 spiro atoms. The zero-order valence-corrected chi connectivity index (χ0v) is 18.5. The minimum atomic E-state index is -4.02. The molecule has 3 aromatic rings. The van der Waals surface area contributed by atoms with E-state index in [0.717, 1.165) is 9.87 Å². The number of aryl methyl sites for hydroxylation is 1. The highest BCUT2D eigenvalue weighted by Gasteiger charge is 2.27. The first-order valence-electron chi connectivity index (χ1n) is 9.62. The van der Waals surface area contributed by atoms with Crippen molar-refractivity contribution in [1.29, 1.82) is 0 Å². The second-order valence-electron chi connectivity index (χ2n) is 7.04. The first-order chi connectivity index (χ1) is 14.8. The third-order valence-electron chi connectivity index (χ3n) is 4.67. The number of aliphatic hydroxyl groups excluding tert-OH is 1. The fraction of sp³-hybridized carbons (Fsp3) is 0.174. The number of hydrogen-bond donors (Lipinski definition) is 2. The maximum Gasteiger partial charge on any atom is 0.264 e. The molecule has 0 radical (unpaired) electrons. The van der Waals surface area contributed by atoms with Gasteiger partial charge in [-0.1, -0.05) is 65.7 Å². The largest absolute Gasteiger partial charge is 0.387 e. The van der Waals surface area contributed by atoms with Gasteiger partial charge in [-0.25, -0.2) is 8.42 Å². The summed E-state index contributed by atoms with van der Waals surface area (Å²) in [5.41, 5.74) is 1.84. The Balaban J connectivity index is 1.81. The second kappa shape index (κ2) is 9.96. The fourth-order valence-corrected chi connectivity index (χ4v) is 4.57. The van der Waals surface area contributed by atoms with Gasteiger partial charge >= 0.3 is 0 Å². The molecule has 0 fully saturated rings. The zero-order valence-electron chi connectivity index (χ0n) is 16.9. The van der Waals surface area contributed by atoms with E-state index in [4.69, 9.17) is 11.6 Å². The van der Waals surface area contributed by atoms with Gasteiger partial charge in [0, 0.05) is 11.6 Å². The van der Waals surface area contributed by atoms with Crippen molar-refractivity contribution in [3.8, 4) is 0 Å². The highest BCUT2D eigenvalue weighted by Crippen LogP contribution is 2.26. The predicted octanol–water partition coefficient (Wildman–Crippen LogP) is 3.69. The Hall–Kier alpha value is -2.87. The average molecular weight is 459 g/mol. The van der Waals surface area contributed by atoms with Crippen LogP contribution in [0.4, 0.5) is 5.69 Å². The number of aliphatic hydroxyl groups is 1. The Morgan fingerprint density at radius 2 is 1.71 bits per heavy atom. The van der Waals surface area contributed by atoms with Crippen molar-refractivity contribution in [2.75, 3.05) is 17.4 Å². The number of halogens is 1. The van der Waals surface area contributed by atoms with Crippen LogP contribution in [-0.2, 0) is 14.8 Å². The molecule has 0 saturated heterocycles. The van der Waals surface area contributed by atoms with Gasteiger partial charge in [0.2, 0.25) is 5.91 Å². The number of sulfonamides is 1. The minimum absolute atomic E-state index is 0.0448. The summed E-state index contributed by atoms with van der Waals surface area (Å²) in [6.45, 7) is 1.35. The maximum absolute atomic E-state index is 13.3. The minimum Gasteiger partial charge on any atom is -0.387 e. The van der Waals surface area contributed by atoms with Gasteiger partial charge in [-0.2, -0.15) is 0 Å². The molecule has 0 aliphatic rings. The van der Waals surface area contributed by atoms with Gasteiger partial charge in [0.1, 0.15) is 6.54 Å². The molecule has 3 rings (SSSR count). The van der Waals surface area contributed by atoms with Crippen LogP contribution in [0.1, 0.15) is 17.2 Å². The molecule has 1 amide bonds. The Bertz CT molecular complexity index is 1140. The standard InChI is InChI=1S/C23H23ClN2O4S/c1-17-10-12-21(13-11-17)31(29,30)26(20-9-5-8-19(24)14-20)16-23(28)25-15-22(27)18-6-3-2-4-7-18/h2-14,22,27H,15-16H2,1H3,(H,25,28)/t22-/m1/s1. The summed E-state index contributed by atoms with van der Waals surface area (Å²) in [6, 6.07) is 21.6. The van der Waals surface area contributed by atoms with Crippen LogP contribution in [0.3, 0.4) is 0 Å². The first kappa shape index (κ1) is 22.8. The molecule has 31 heavy (non-hydrogen) atoms. The normalized spacial score (nSPS) is 12.2.